The van der Waals surface area contributed by atoms with E-state index in [0.29, 0.717) is 23.0 Å². The van der Waals surface area contributed by atoms with Crippen LogP contribution < -0.4 is 10.1 Å². The van der Waals surface area contributed by atoms with E-state index in [2.05, 4.69) is 5.32 Å². The van der Waals surface area contributed by atoms with Crippen molar-refractivity contribution in [3.05, 3.63) is 59.1 Å². The van der Waals surface area contributed by atoms with Crippen molar-refractivity contribution in [3.63, 3.8) is 0 Å². The number of rotatable bonds is 4. The van der Waals surface area contributed by atoms with Crippen LogP contribution >= 0.6 is 11.6 Å². The number of carbonyl (C=O) groups excluding carboxylic acids is 1. The summed E-state index contributed by atoms with van der Waals surface area (Å²) in [5.41, 5.74) is 1.66. The molecule has 0 saturated carbocycles. The van der Waals surface area contributed by atoms with Gasteiger partial charge in [0.2, 0.25) is 0 Å². The van der Waals surface area contributed by atoms with Crippen molar-refractivity contribution in [3.8, 4) is 5.75 Å². The number of ether oxygens (including phenoxy) is 1. The lowest BCUT2D eigenvalue weighted by Gasteiger charge is -2.19. The topological polar surface area (TPSA) is 41.6 Å². The third kappa shape index (κ3) is 4.13. The molecular formula is C16H17ClN2O2. The molecule has 0 radical (unpaired) electrons. The normalized spacial score (nSPS) is 10.0. The van der Waals surface area contributed by atoms with Gasteiger partial charge in [0.25, 0.3) is 0 Å². The standard InChI is InChI=1S/C16H17ClN2O2/c1-19(11-12-6-4-3-5-7-12)16(20)18-14-9-8-13(17)10-15(14)21-2/h3-10H,11H2,1-2H3,(H,18,20). The summed E-state index contributed by atoms with van der Waals surface area (Å²) < 4.78 is 5.21. The summed E-state index contributed by atoms with van der Waals surface area (Å²) in [7, 11) is 3.28. The second kappa shape index (κ2) is 6.99. The van der Waals surface area contributed by atoms with Crippen molar-refractivity contribution in [1.82, 2.24) is 4.90 Å². The minimum atomic E-state index is -0.209. The SMILES string of the molecule is COc1cc(Cl)ccc1NC(=O)N(C)Cc1ccccc1. The molecule has 5 heteroatoms. The quantitative estimate of drug-likeness (QED) is 0.927. The molecule has 0 spiro atoms. The van der Waals surface area contributed by atoms with E-state index < -0.39 is 0 Å². The maximum Gasteiger partial charge on any atom is 0.321 e. The summed E-state index contributed by atoms with van der Waals surface area (Å²) in [6.45, 7) is 0.530. The lowest BCUT2D eigenvalue weighted by Crippen LogP contribution is -2.30. The molecule has 110 valence electrons. The Hall–Kier alpha value is -2.20. The summed E-state index contributed by atoms with van der Waals surface area (Å²) in [6, 6.07) is 14.7. The Morgan fingerprint density at radius 2 is 1.95 bits per heavy atom. The predicted molar refractivity (Wildman–Crippen MR) is 84.9 cm³/mol. The molecule has 0 heterocycles. The monoisotopic (exact) mass is 304 g/mol. The van der Waals surface area contributed by atoms with Gasteiger partial charge in [0.15, 0.2) is 0 Å². The number of anilines is 1. The number of nitrogens with zero attached hydrogens (tertiary/aromatic N) is 1. The van der Waals surface area contributed by atoms with Crippen molar-refractivity contribution in [2.75, 3.05) is 19.5 Å². The van der Waals surface area contributed by atoms with Crippen LogP contribution in [0.3, 0.4) is 0 Å². The number of benzene rings is 2. The number of amides is 2. The molecule has 0 aromatic heterocycles. The van der Waals surface area contributed by atoms with Crippen LogP contribution in [0.5, 0.6) is 5.75 Å². The van der Waals surface area contributed by atoms with Gasteiger partial charge in [0.05, 0.1) is 12.8 Å². The molecule has 1 N–H and O–H groups in total. The highest BCUT2D eigenvalue weighted by molar-refractivity contribution is 6.30. The van der Waals surface area contributed by atoms with E-state index in [1.54, 1.807) is 30.1 Å². The molecule has 2 amide bonds. The Bertz CT molecular complexity index is 617. The third-order valence-corrected chi connectivity index (χ3v) is 3.25. The fraction of sp³-hybridized carbons (Fsp3) is 0.188. The molecule has 0 aliphatic rings. The average molecular weight is 305 g/mol. The number of halogens is 1. The van der Waals surface area contributed by atoms with Crippen molar-refractivity contribution in [2.45, 2.75) is 6.54 Å². The highest BCUT2D eigenvalue weighted by atomic mass is 35.5. The molecule has 21 heavy (non-hydrogen) atoms. The number of hydrogen-bond donors (Lipinski definition) is 1. The van der Waals surface area contributed by atoms with E-state index in [9.17, 15) is 4.79 Å². The molecule has 0 fully saturated rings. The Morgan fingerprint density at radius 1 is 1.24 bits per heavy atom. The minimum Gasteiger partial charge on any atom is -0.495 e. The van der Waals surface area contributed by atoms with Crippen LogP contribution in [0.25, 0.3) is 0 Å². The molecule has 2 aromatic carbocycles. The molecule has 0 unspecified atom stereocenters. The highest BCUT2D eigenvalue weighted by Crippen LogP contribution is 2.27. The van der Waals surface area contributed by atoms with E-state index in [-0.39, 0.29) is 6.03 Å². The van der Waals surface area contributed by atoms with Gasteiger partial charge in [-0.2, -0.15) is 0 Å². The van der Waals surface area contributed by atoms with Gasteiger partial charge in [-0.25, -0.2) is 4.79 Å². The summed E-state index contributed by atoms with van der Waals surface area (Å²) in [4.78, 5) is 13.8. The molecule has 0 bridgehead atoms. The molecule has 4 nitrogen and oxygen atoms in total. The maximum atomic E-state index is 12.2. The summed E-state index contributed by atoms with van der Waals surface area (Å²) >= 11 is 5.90. The Morgan fingerprint density at radius 3 is 2.62 bits per heavy atom. The number of methoxy groups -OCH3 is 1. The molecular weight excluding hydrogens is 288 g/mol. The lowest BCUT2D eigenvalue weighted by molar-refractivity contribution is 0.220. The fourth-order valence-corrected chi connectivity index (χ4v) is 2.07. The van der Waals surface area contributed by atoms with Gasteiger partial charge in [-0.05, 0) is 17.7 Å². The second-order valence-corrected chi connectivity index (χ2v) is 5.05. The van der Waals surface area contributed by atoms with E-state index in [4.69, 9.17) is 16.3 Å². The van der Waals surface area contributed by atoms with Gasteiger partial charge < -0.3 is 15.0 Å². The number of nitrogens with one attached hydrogen (secondary N) is 1. The smallest absolute Gasteiger partial charge is 0.321 e. The van der Waals surface area contributed by atoms with Crippen molar-refractivity contribution >= 4 is 23.3 Å². The van der Waals surface area contributed by atoms with Crippen LogP contribution in [0.4, 0.5) is 10.5 Å². The van der Waals surface area contributed by atoms with Crippen LogP contribution in [0.15, 0.2) is 48.5 Å². The molecule has 0 atom stereocenters. The van der Waals surface area contributed by atoms with Gasteiger partial charge in [-0.15, -0.1) is 0 Å². The molecule has 0 aliphatic carbocycles. The van der Waals surface area contributed by atoms with Gasteiger partial charge in [-0.1, -0.05) is 41.9 Å². The fourth-order valence-electron chi connectivity index (χ4n) is 1.91. The van der Waals surface area contributed by atoms with Crippen LogP contribution in [0.1, 0.15) is 5.56 Å². The third-order valence-electron chi connectivity index (χ3n) is 3.01. The Labute approximate surface area is 129 Å². The number of carbonyl (C=O) groups is 1. The zero-order valence-corrected chi connectivity index (χ0v) is 12.7. The van der Waals surface area contributed by atoms with Gasteiger partial charge in [-0.3, -0.25) is 0 Å². The highest BCUT2D eigenvalue weighted by Gasteiger charge is 2.12. The van der Waals surface area contributed by atoms with Crippen LogP contribution in [-0.4, -0.2) is 25.1 Å². The zero-order valence-electron chi connectivity index (χ0n) is 12.0. The summed E-state index contributed by atoms with van der Waals surface area (Å²) in [5, 5.41) is 3.37. The number of urea groups is 1. The van der Waals surface area contributed by atoms with E-state index in [1.807, 2.05) is 30.3 Å². The van der Waals surface area contributed by atoms with Gasteiger partial charge in [0.1, 0.15) is 5.75 Å². The Kier molecular flexibility index (Phi) is 5.06. The summed E-state index contributed by atoms with van der Waals surface area (Å²) in [6.07, 6.45) is 0. The maximum absolute atomic E-state index is 12.2. The first-order valence-electron chi connectivity index (χ1n) is 6.49. The van der Waals surface area contributed by atoms with Crippen molar-refractivity contribution < 1.29 is 9.53 Å². The first-order valence-corrected chi connectivity index (χ1v) is 6.87. The zero-order chi connectivity index (χ0) is 15.2. The molecule has 0 aliphatic heterocycles. The average Bonchev–Trinajstić information content (AvgIpc) is 2.49. The van der Waals surface area contributed by atoms with Crippen LogP contribution in [0.2, 0.25) is 5.02 Å². The predicted octanol–water partition coefficient (Wildman–Crippen LogP) is 4.01. The minimum absolute atomic E-state index is 0.209. The van der Waals surface area contributed by atoms with Crippen LogP contribution in [-0.2, 0) is 6.54 Å². The van der Waals surface area contributed by atoms with Gasteiger partial charge >= 0.3 is 6.03 Å². The van der Waals surface area contributed by atoms with Gasteiger partial charge in [0, 0.05) is 24.7 Å². The first-order chi connectivity index (χ1) is 10.1. The molecule has 0 saturated heterocycles. The second-order valence-electron chi connectivity index (χ2n) is 4.62. The van der Waals surface area contributed by atoms with E-state index in [1.165, 1.54) is 7.11 Å². The molecule has 2 rings (SSSR count). The van der Waals surface area contributed by atoms with Crippen molar-refractivity contribution in [1.29, 1.82) is 0 Å². The van der Waals surface area contributed by atoms with E-state index >= 15 is 0 Å². The largest absolute Gasteiger partial charge is 0.495 e. The Balaban J connectivity index is 2.04. The number of hydrogen-bond acceptors (Lipinski definition) is 2. The first kappa shape index (κ1) is 15.2. The van der Waals surface area contributed by atoms with E-state index in [0.717, 1.165) is 5.56 Å². The van der Waals surface area contributed by atoms with Crippen molar-refractivity contribution in [2.24, 2.45) is 0 Å². The lowest BCUT2D eigenvalue weighted by atomic mass is 10.2. The van der Waals surface area contributed by atoms with Crippen LogP contribution in [0, 0.1) is 0 Å². The summed E-state index contributed by atoms with van der Waals surface area (Å²) in [5.74, 6) is 0.531. The molecule has 2 aromatic rings.